The van der Waals surface area contributed by atoms with Gasteiger partial charge < -0.3 is 5.11 Å². The van der Waals surface area contributed by atoms with E-state index in [1.165, 1.54) is 17.2 Å². The van der Waals surface area contributed by atoms with Gasteiger partial charge in [0.2, 0.25) is 0 Å². The number of nitrogens with one attached hydrogen (secondary N) is 1. The molecule has 0 saturated carbocycles. The molecule has 1 aromatic heterocycles. The first-order chi connectivity index (χ1) is 8.65. The summed E-state index contributed by atoms with van der Waals surface area (Å²) in [6.45, 7) is 0. The molecule has 1 aliphatic rings. The van der Waals surface area contributed by atoms with Gasteiger partial charge in [-0.25, -0.2) is 4.79 Å². The summed E-state index contributed by atoms with van der Waals surface area (Å²) in [4.78, 5) is 10.8. The van der Waals surface area contributed by atoms with Crippen LogP contribution in [0.2, 0.25) is 5.02 Å². The largest absolute Gasteiger partial charge is 0.477 e. The Balaban J connectivity index is 2.06. The van der Waals surface area contributed by atoms with Crippen LogP contribution in [-0.4, -0.2) is 21.3 Å². The normalized spacial score (nSPS) is 13.6. The average molecular weight is 263 g/mol. The molecule has 1 aliphatic carbocycles. The van der Waals surface area contributed by atoms with Crippen LogP contribution in [0.3, 0.4) is 0 Å². The Morgan fingerprint density at radius 2 is 2.17 bits per heavy atom. The van der Waals surface area contributed by atoms with Crippen molar-refractivity contribution >= 4 is 17.6 Å². The predicted molar refractivity (Wildman–Crippen MR) is 68.0 cm³/mol. The van der Waals surface area contributed by atoms with Crippen molar-refractivity contribution < 1.29 is 9.90 Å². The maximum absolute atomic E-state index is 10.8. The molecule has 1 heterocycles. The highest BCUT2D eigenvalue weighted by Crippen LogP contribution is 2.33. The minimum Gasteiger partial charge on any atom is -0.477 e. The van der Waals surface area contributed by atoms with E-state index < -0.39 is 5.97 Å². The van der Waals surface area contributed by atoms with Crippen molar-refractivity contribution in [3.63, 3.8) is 0 Å². The summed E-state index contributed by atoms with van der Waals surface area (Å²) in [5.41, 5.74) is 4.03. The zero-order valence-electron chi connectivity index (χ0n) is 9.53. The highest BCUT2D eigenvalue weighted by molar-refractivity contribution is 6.31. The molecule has 92 valence electrons. The number of halogens is 1. The number of hydrogen-bond acceptors (Lipinski definition) is 2. The number of aromatic carboxylic acids is 1. The third kappa shape index (κ3) is 1.78. The molecular weight excluding hydrogens is 252 g/mol. The lowest BCUT2D eigenvalue weighted by molar-refractivity contribution is 0.0690. The van der Waals surface area contributed by atoms with E-state index >= 15 is 0 Å². The van der Waals surface area contributed by atoms with Gasteiger partial charge in [-0.1, -0.05) is 11.6 Å². The van der Waals surface area contributed by atoms with Crippen LogP contribution >= 0.6 is 11.6 Å². The lowest BCUT2D eigenvalue weighted by Crippen LogP contribution is -1.95. The van der Waals surface area contributed by atoms with Gasteiger partial charge in [0.15, 0.2) is 0 Å². The number of carbonyl (C=O) groups is 1. The van der Waals surface area contributed by atoms with Crippen LogP contribution in [0.1, 0.15) is 28.0 Å². The Morgan fingerprint density at radius 3 is 2.89 bits per heavy atom. The molecule has 2 N–H and O–H groups in total. The number of aromatic amines is 1. The number of aryl methyl sites for hydroxylation is 1. The van der Waals surface area contributed by atoms with Gasteiger partial charge in [0.1, 0.15) is 5.69 Å². The van der Waals surface area contributed by atoms with E-state index in [1.807, 2.05) is 6.07 Å². The second kappa shape index (κ2) is 4.14. The quantitative estimate of drug-likeness (QED) is 0.874. The van der Waals surface area contributed by atoms with Crippen molar-refractivity contribution in [2.45, 2.75) is 19.3 Å². The predicted octanol–water partition coefficient (Wildman–Crippen LogP) is 2.92. The molecule has 0 unspecified atom stereocenters. The molecule has 18 heavy (non-hydrogen) atoms. The van der Waals surface area contributed by atoms with Gasteiger partial charge in [-0.05, 0) is 48.6 Å². The standard InChI is InChI=1S/C13H11ClN2O2/c14-10-5-8(4-7-2-1-3-9(7)10)11-6-12(13(17)18)16-15-11/h4-6H,1-3H2,(H,15,16)(H,17,18). The molecule has 0 spiro atoms. The van der Waals surface area contributed by atoms with Crippen LogP contribution < -0.4 is 0 Å². The molecule has 3 rings (SSSR count). The maximum Gasteiger partial charge on any atom is 0.353 e. The third-order valence-corrected chi connectivity index (χ3v) is 3.60. The van der Waals surface area contributed by atoms with Crippen molar-refractivity contribution in [3.05, 3.63) is 40.0 Å². The minimum atomic E-state index is -1.01. The Labute approximate surface area is 109 Å². The van der Waals surface area contributed by atoms with Crippen molar-refractivity contribution in [3.8, 4) is 11.3 Å². The number of hydrogen-bond donors (Lipinski definition) is 2. The van der Waals surface area contributed by atoms with Crippen molar-refractivity contribution in [1.29, 1.82) is 0 Å². The minimum absolute atomic E-state index is 0.0848. The first-order valence-corrected chi connectivity index (χ1v) is 6.13. The summed E-state index contributed by atoms with van der Waals surface area (Å²) in [6, 6.07) is 5.43. The zero-order chi connectivity index (χ0) is 12.7. The fraction of sp³-hybridized carbons (Fsp3) is 0.231. The van der Waals surface area contributed by atoms with E-state index in [2.05, 4.69) is 16.3 Å². The smallest absolute Gasteiger partial charge is 0.353 e. The number of fused-ring (bicyclic) bond motifs is 1. The van der Waals surface area contributed by atoms with E-state index in [4.69, 9.17) is 16.7 Å². The molecule has 0 amide bonds. The second-order valence-electron chi connectivity index (χ2n) is 4.42. The molecule has 0 bridgehead atoms. The lowest BCUT2D eigenvalue weighted by Gasteiger charge is -2.05. The van der Waals surface area contributed by atoms with Gasteiger partial charge >= 0.3 is 5.97 Å². The molecule has 0 aliphatic heterocycles. The van der Waals surface area contributed by atoms with Crippen LogP contribution in [-0.2, 0) is 12.8 Å². The monoisotopic (exact) mass is 262 g/mol. The Morgan fingerprint density at radius 1 is 1.33 bits per heavy atom. The van der Waals surface area contributed by atoms with E-state index in [9.17, 15) is 4.79 Å². The maximum atomic E-state index is 10.8. The Bertz CT molecular complexity index is 634. The van der Waals surface area contributed by atoms with Gasteiger partial charge in [-0.2, -0.15) is 5.10 Å². The van der Waals surface area contributed by atoms with Gasteiger partial charge in [0.05, 0.1) is 5.69 Å². The lowest BCUT2D eigenvalue weighted by atomic mass is 10.0. The summed E-state index contributed by atoms with van der Waals surface area (Å²) in [7, 11) is 0. The van der Waals surface area contributed by atoms with Gasteiger partial charge in [0, 0.05) is 10.6 Å². The molecule has 0 atom stereocenters. The first kappa shape index (κ1) is 11.3. The Kier molecular flexibility index (Phi) is 2.59. The second-order valence-corrected chi connectivity index (χ2v) is 4.83. The fourth-order valence-corrected chi connectivity index (χ4v) is 2.71. The van der Waals surface area contributed by atoms with Gasteiger partial charge in [-0.15, -0.1) is 0 Å². The highest BCUT2D eigenvalue weighted by atomic mass is 35.5. The van der Waals surface area contributed by atoms with E-state index in [-0.39, 0.29) is 5.69 Å². The van der Waals surface area contributed by atoms with Crippen LogP contribution in [0.15, 0.2) is 18.2 Å². The highest BCUT2D eigenvalue weighted by Gasteiger charge is 2.17. The first-order valence-electron chi connectivity index (χ1n) is 5.75. The molecule has 2 aromatic rings. The average Bonchev–Trinajstić information content (AvgIpc) is 2.97. The molecular formula is C13H11ClN2O2. The number of aromatic nitrogens is 2. The van der Waals surface area contributed by atoms with Crippen molar-refractivity contribution in [2.75, 3.05) is 0 Å². The van der Waals surface area contributed by atoms with Gasteiger partial charge in [0.25, 0.3) is 0 Å². The number of H-pyrrole nitrogens is 1. The topological polar surface area (TPSA) is 66.0 Å². The zero-order valence-corrected chi connectivity index (χ0v) is 10.3. The van der Waals surface area contributed by atoms with Crippen LogP contribution in [0, 0.1) is 0 Å². The summed E-state index contributed by atoms with van der Waals surface area (Å²) in [5, 5.41) is 16.1. The van der Waals surface area contributed by atoms with Crippen LogP contribution in [0.4, 0.5) is 0 Å². The number of carboxylic acids is 1. The third-order valence-electron chi connectivity index (χ3n) is 3.26. The SMILES string of the molecule is O=C(O)c1cc(-c2cc(Cl)c3c(c2)CCC3)n[nH]1. The van der Waals surface area contributed by atoms with Crippen LogP contribution in [0.25, 0.3) is 11.3 Å². The molecule has 0 saturated heterocycles. The number of rotatable bonds is 2. The molecule has 0 fully saturated rings. The van der Waals surface area contributed by atoms with E-state index in [0.29, 0.717) is 5.69 Å². The number of benzene rings is 1. The van der Waals surface area contributed by atoms with Crippen molar-refractivity contribution in [2.24, 2.45) is 0 Å². The van der Waals surface area contributed by atoms with Crippen LogP contribution in [0.5, 0.6) is 0 Å². The van der Waals surface area contributed by atoms with E-state index in [1.54, 1.807) is 0 Å². The number of carboxylic acid groups (broad SMARTS) is 1. The fourth-order valence-electron chi connectivity index (χ4n) is 2.38. The summed E-state index contributed by atoms with van der Waals surface area (Å²) in [6.07, 6.45) is 3.17. The Hall–Kier alpha value is -1.81. The summed E-state index contributed by atoms with van der Waals surface area (Å²) >= 11 is 6.24. The molecule has 0 radical (unpaired) electrons. The molecule has 1 aromatic carbocycles. The number of nitrogens with zero attached hydrogens (tertiary/aromatic N) is 1. The summed E-state index contributed by atoms with van der Waals surface area (Å²) < 4.78 is 0. The van der Waals surface area contributed by atoms with E-state index in [0.717, 1.165) is 29.8 Å². The molecule has 4 nitrogen and oxygen atoms in total. The van der Waals surface area contributed by atoms with Gasteiger partial charge in [-0.3, -0.25) is 5.10 Å². The summed E-state index contributed by atoms with van der Waals surface area (Å²) in [5.74, 6) is -1.01. The molecule has 5 heteroatoms. The van der Waals surface area contributed by atoms with Crippen molar-refractivity contribution in [1.82, 2.24) is 10.2 Å².